The van der Waals surface area contributed by atoms with Gasteiger partial charge in [-0.15, -0.1) is 0 Å². The van der Waals surface area contributed by atoms with Crippen LogP contribution in [0.25, 0.3) is 10.5 Å². The summed E-state index contributed by atoms with van der Waals surface area (Å²) in [5, 5.41) is 4.53. The Labute approximate surface area is 161 Å². The van der Waals surface area contributed by atoms with E-state index in [1.165, 1.54) is 22.2 Å². The van der Waals surface area contributed by atoms with E-state index in [0.29, 0.717) is 26.6 Å². The average molecular weight is 395 g/mol. The van der Waals surface area contributed by atoms with Crippen molar-refractivity contribution in [3.8, 4) is 0 Å². The number of hydrogen-bond acceptors (Lipinski definition) is 5. The van der Waals surface area contributed by atoms with Crippen LogP contribution < -0.4 is 15.0 Å². The Balaban J connectivity index is 1.74. The molecule has 1 amide bonds. The van der Waals surface area contributed by atoms with Gasteiger partial charge in [0.15, 0.2) is 0 Å². The van der Waals surface area contributed by atoms with Crippen LogP contribution in [0.4, 0.5) is 5.69 Å². The van der Waals surface area contributed by atoms with Gasteiger partial charge in [-0.2, -0.15) is 9.61 Å². The van der Waals surface area contributed by atoms with Crippen molar-refractivity contribution >= 4 is 45.1 Å². The van der Waals surface area contributed by atoms with Gasteiger partial charge in [0.25, 0.3) is 11.5 Å². The fourth-order valence-electron chi connectivity index (χ4n) is 3.28. The molecule has 6 nitrogen and oxygen atoms in total. The van der Waals surface area contributed by atoms with Crippen molar-refractivity contribution < 1.29 is 4.79 Å². The maximum absolute atomic E-state index is 13.3. The van der Waals surface area contributed by atoms with Gasteiger partial charge in [-0.1, -0.05) is 59.3 Å². The van der Waals surface area contributed by atoms with Crippen molar-refractivity contribution in [2.24, 2.45) is 0 Å². The minimum Gasteiger partial charge on any atom is -0.303 e. The normalized spacial score (nSPS) is 15.6. The fourth-order valence-corrected chi connectivity index (χ4v) is 4.45. The average Bonchev–Trinajstić information content (AvgIpc) is 3.32. The number of rotatable bonds is 2. The predicted octanol–water partition coefficient (Wildman–Crippen LogP) is 2.27. The van der Waals surface area contributed by atoms with Gasteiger partial charge in [0.1, 0.15) is 10.9 Å². The third-order valence-electron chi connectivity index (χ3n) is 4.53. The number of anilines is 1. The molecule has 0 saturated heterocycles. The van der Waals surface area contributed by atoms with Crippen LogP contribution in [0.1, 0.15) is 11.1 Å². The second-order valence-corrected chi connectivity index (χ2v) is 7.45. The van der Waals surface area contributed by atoms with Crippen LogP contribution in [0.15, 0.2) is 59.7 Å². The van der Waals surface area contributed by atoms with Crippen molar-refractivity contribution in [2.75, 3.05) is 4.90 Å². The summed E-state index contributed by atoms with van der Waals surface area (Å²) in [5.74, 6) is -0.224. The zero-order valence-corrected chi connectivity index (χ0v) is 15.4. The van der Waals surface area contributed by atoms with Gasteiger partial charge in [0.2, 0.25) is 4.96 Å². The summed E-state index contributed by atoms with van der Waals surface area (Å²) in [4.78, 5) is 32.2. The number of fused-ring (bicyclic) bond motifs is 2. The first-order chi connectivity index (χ1) is 13.1. The van der Waals surface area contributed by atoms with Crippen molar-refractivity contribution in [3.63, 3.8) is 0 Å². The molecule has 0 atom stereocenters. The summed E-state index contributed by atoms with van der Waals surface area (Å²) in [7, 11) is 0. The topological polar surface area (TPSA) is 67.6 Å². The smallest absolute Gasteiger partial charge is 0.291 e. The molecule has 4 aromatic rings. The Morgan fingerprint density at radius 1 is 1.04 bits per heavy atom. The van der Waals surface area contributed by atoms with E-state index in [1.807, 2.05) is 42.5 Å². The molecule has 2 aromatic carbocycles. The molecule has 0 bridgehead atoms. The Kier molecular flexibility index (Phi) is 3.60. The van der Waals surface area contributed by atoms with Crippen LogP contribution in [0.2, 0.25) is 5.02 Å². The molecular formula is C19H11ClN4O2S. The largest absolute Gasteiger partial charge is 0.303 e. The predicted molar refractivity (Wildman–Crippen MR) is 104 cm³/mol. The fraction of sp³-hybridized carbons (Fsp3) is 0.0526. The first-order valence-corrected chi connectivity index (χ1v) is 9.36. The highest BCUT2D eigenvalue weighted by atomic mass is 35.5. The molecule has 0 N–H and O–H groups in total. The number of aromatic nitrogens is 3. The molecule has 0 radical (unpaired) electrons. The molecule has 1 aliphatic heterocycles. The molecular weight excluding hydrogens is 384 g/mol. The van der Waals surface area contributed by atoms with E-state index < -0.39 is 0 Å². The van der Waals surface area contributed by atoms with Gasteiger partial charge in [-0.3, -0.25) is 9.59 Å². The Morgan fingerprint density at radius 3 is 2.63 bits per heavy atom. The third-order valence-corrected chi connectivity index (χ3v) is 5.95. The number of hydrogen-bond donors (Lipinski definition) is 0. The molecule has 3 heterocycles. The number of benzene rings is 2. The van der Waals surface area contributed by atoms with Gasteiger partial charge in [0.05, 0.1) is 17.8 Å². The molecule has 0 unspecified atom stereocenters. The maximum Gasteiger partial charge on any atom is 0.291 e. The zero-order chi connectivity index (χ0) is 18.5. The maximum atomic E-state index is 13.3. The van der Waals surface area contributed by atoms with Crippen LogP contribution in [0.5, 0.6) is 0 Å². The van der Waals surface area contributed by atoms with E-state index in [9.17, 15) is 9.59 Å². The summed E-state index contributed by atoms with van der Waals surface area (Å²) >= 11 is 7.46. The van der Waals surface area contributed by atoms with E-state index in [-0.39, 0.29) is 11.5 Å². The summed E-state index contributed by atoms with van der Waals surface area (Å²) in [6, 6.07) is 14.9. The summed E-state index contributed by atoms with van der Waals surface area (Å²) in [6.07, 6.45) is 1.33. The van der Waals surface area contributed by atoms with E-state index in [1.54, 1.807) is 11.0 Å². The number of thiazole rings is 1. The number of amides is 1. The van der Waals surface area contributed by atoms with E-state index in [4.69, 9.17) is 11.6 Å². The van der Waals surface area contributed by atoms with Crippen molar-refractivity contribution in [1.29, 1.82) is 0 Å². The molecule has 132 valence electrons. The van der Waals surface area contributed by atoms with Gasteiger partial charge < -0.3 is 4.90 Å². The van der Waals surface area contributed by atoms with E-state index in [2.05, 4.69) is 10.1 Å². The number of halogens is 1. The highest BCUT2D eigenvalue weighted by molar-refractivity contribution is 7.15. The lowest BCUT2D eigenvalue weighted by molar-refractivity contribution is -0.113. The number of nitrogens with zero attached hydrogens (tertiary/aromatic N) is 4. The quantitative estimate of drug-likeness (QED) is 0.523. The minimum atomic E-state index is -0.328. The first kappa shape index (κ1) is 16.2. The van der Waals surface area contributed by atoms with Crippen molar-refractivity contribution in [1.82, 2.24) is 14.6 Å². The lowest BCUT2D eigenvalue weighted by Gasteiger charge is -2.17. The van der Waals surface area contributed by atoms with Crippen LogP contribution >= 0.6 is 22.9 Å². The molecule has 1 aliphatic rings. The monoisotopic (exact) mass is 394 g/mol. The molecule has 0 aliphatic carbocycles. The van der Waals surface area contributed by atoms with Gasteiger partial charge >= 0.3 is 0 Å². The third kappa shape index (κ3) is 2.39. The van der Waals surface area contributed by atoms with Crippen LogP contribution in [-0.2, 0) is 11.3 Å². The van der Waals surface area contributed by atoms with Gasteiger partial charge in [0, 0.05) is 10.6 Å². The van der Waals surface area contributed by atoms with Crippen LogP contribution in [0.3, 0.4) is 0 Å². The van der Waals surface area contributed by atoms with E-state index in [0.717, 1.165) is 16.8 Å². The number of carbonyl (C=O) groups is 1. The van der Waals surface area contributed by atoms with Crippen molar-refractivity contribution in [2.45, 2.75) is 6.54 Å². The Hall–Kier alpha value is -3.03. The molecule has 2 aromatic heterocycles. The lowest BCUT2D eigenvalue weighted by atomic mass is 10.1. The molecule has 0 fully saturated rings. The second-order valence-electron chi connectivity index (χ2n) is 6.07. The van der Waals surface area contributed by atoms with Crippen molar-refractivity contribution in [3.05, 3.63) is 85.9 Å². The van der Waals surface area contributed by atoms with Gasteiger partial charge in [-0.05, 0) is 17.7 Å². The summed E-state index contributed by atoms with van der Waals surface area (Å²) in [6.45, 7) is 0.327. The Bertz CT molecular complexity index is 1330. The first-order valence-electron chi connectivity index (χ1n) is 8.16. The zero-order valence-electron chi connectivity index (χ0n) is 13.8. The standard InChI is InChI=1S/C19H11ClN4O2S/c20-13-7-3-1-5-11(13)9-23-14-8-4-2-6-12(14)15(17(23)25)16-18(26)24-19(27-16)21-10-22-24/h1-8,10H,9H2. The molecule has 8 heteroatoms. The number of para-hydroxylation sites is 1. The molecule has 27 heavy (non-hydrogen) atoms. The number of carbonyl (C=O) groups excluding carboxylic acids is 1. The molecule has 5 rings (SSSR count). The highest BCUT2D eigenvalue weighted by Crippen LogP contribution is 2.36. The van der Waals surface area contributed by atoms with Crippen LogP contribution in [0, 0.1) is 0 Å². The van der Waals surface area contributed by atoms with Gasteiger partial charge in [-0.25, -0.2) is 4.98 Å². The summed E-state index contributed by atoms with van der Waals surface area (Å²) < 4.78 is 1.57. The van der Waals surface area contributed by atoms with E-state index >= 15 is 0 Å². The molecule has 0 spiro atoms. The minimum absolute atomic E-state index is 0.224. The Morgan fingerprint density at radius 2 is 1.81 bits per heavy atom. The second kappa shape index (κ2) is 6.00. The lowest BCUT2D eigenvalue weighted by Crippen LogP contribution is -2.32. The SMILES string of the molecule is O=C1C(=c2sc3ncnn3c2=O)c2ccccc2N1Cc1ccccc1Cl. The summed E-state index contributed by atoms with van der Waals surface area (Å²) in [5.41, 5.74) is 2.39. The van der Waals surface area contributed by atoms with Crippen LogP contribution in [-0.4, -0.2) is 20.5 Å². The highest BCUT2D eigenvalue weighted by Gasteiger charge is 2.34. The molecule has 0 saturated carbocycles.